The topological polar surface area (TPSA) is 92.9 Å². The molecule has 7 nitrogen and oxygen atoms in total. The number of anilines is 2. The van der Waals surface area contributed by atoms with Crippen LogP contribution in [0.15, 0.2) is 30.3 Å². The lowest BCUT2D eigenvalue weighted by atomic mass is 10.0. The molecule has 4 aromatic rings. The Labute approximate surface area is 191 Å². The molecule has 0 spiro atoms. The number of aromatic amines is 1. The number of H-pyrrole nitrogens is 1. The maximum absolute atomic E-state index is 15.2. The molecule has 0 saturated heterocycles. The number of nitrogens with two attached hydrogens (primary N) is 1. The van der Waals surface area contributed by atoms with Crippen molar-refractivity contribution in [1.29, 1.82) is 0 Å². The Morgan fingerprint density at radius 3 is 2.79 bits per heavy atom. The fourth-order valence-electron chi connectivity index (χ4n) is 4.54. The lowest BCUT2D eigenvalue weighted by molar-refractivity contribution is 0.314. The molecule has 33 heavy (non-hydrogen) atoms. The number of ether oxygens (including phenoxy) is 1. The van der Waals surface area contributed by atoms with Crippen LogP contribution in [0.5, 0.6) is 5.75 Å². The van der Waals surface area contributed by atoms with Crippen LogP contribution in [-0.4, -0.2) is 33.1 Å². The molecule has 8 heteroatoms. The number of hydrogen-bond acceptors (Lipinski definition) is 6. The Bertz CT molecular complexity index is 1350. The zero-order valence-electron chi connectivity index (χ0n) is 19.1. The number of aromatic nitrogens is 4. The first-order valence-corrected chi connectivity index (χ1v) is 11.2. The highest BCUT2D eigenvalue weighted by Gasteiger charge is 2.24. The van der Waals surface area contributed by atoms with Crippen molar-refractivity contribution in [2.45, 2.75) is 40.2 Å². The van der Waals surface area contributed by atoms with E-state index in [-0.39, 0.29) is 11.8 Å². The van der Waals surface area contributed by atoms with Gasteiger partial charge in [-0.25, -0.2) is 14.4 Å². The number of benzene rings is 2. The second kappa shape index (κ2) is 8.35. The van der Waals surface area contributed by atoms with Gasteiger partial charge in [0.15, 0.2) is 11.6 Å². The summed E-state index contributed by atoms with van der Waals surface area (Å²) in [5.41, 5.74) is 12.2. The van der Waals surface area contributed by atoms with Crippen LogP contribution in [0.25, 0.3) is 22.2 Å². The van der Waals surface area contributed by atoms with Crippen molar-refractivity contribution in [1.82, 2.24) is 19.9 Å². The zero-order valence-corrected chi connectivity index (χ0v) is 19.1. The molecule has 0 unspecified atom stereocenters. The van der Waals surface area contributed by atoms with Crippen molar-refractivity contribution in [2.24, 2.45) is 0 Å². The molecule has 0 bridgehead atoms. The fourth-order valence-corrected chi connectivity index (χ4v) is 4.54. The standard InChI is InChI=1S/C25H27FN6O/c1-4-5-19-14(2)28-25(27)31-24(19)32-8-9-33-23-18(13-32)10-17(11-20(23)26)16-6-7-21-22(12-16)30-15(3)29-21/h6-7,10-12H,4-5,8-9,13H2,1-3H3,(H,29,30)(H2,27,28,31). The Morgan fingerprint density at radius 2 is 1.97 bits per heavy atom. The minimum atomic E-state index is -0.364. The Morgan fingerprint density at radius 1 is 1.12 bits per heavy atom. The van der Waals surface area contributed by atoms with Crippen molar-refractivity contribution >= 4 is 22.8 Å². The summed E-state index contributed by atoms with van der Waals surface area (Å²) in [6.45, 7) is 7.41. The summed E-state index contributed by atoms with van der Waals surface area (Å²) in [7, 11) is 0. The van der Waals surface area contributed by atoms with Crippen LogP contribution in [0.2, 0.25) is 0 Å². The number of nitrogens with zero attached hydrogens (tertiary/aromatic N) is 4. The lowest BCUT2D eigenvalue weighted by Crippen LogP contribution is -2.28. The molecule has 170 valence electrons. The summed E-state index contributed by atoms with van der Waals surface area (Å²) in [5.74, 6) is 1.84. The van der Waals surface area contributed by atoms with Crippen LogP contribution in [0.4, 0.5) is 16.2 Å². The van der Waals surface area contributed by atoms with Gasteiger partial charge in [0.25, 0.3) is 0 Å². The number of halogens is 1. The van der Waals surface area contributed by atoms with Gasteiger partial charge in [-0.05, 0) is 55.7 Å². The quantitative estimate of drug-likeness (QED) is 0.472. The summed E-state index contributed by atoms with van der Waals surface area (Å²) in [4.78, 5) is 18.7. The van der Waals surface area contributed by atoms with Gasteiger partial charge in [0.1, 0.15) is 18.2 Å². The molecule has 1 aliphatic heterocycles. The van der Waals surface area contributed by atoms with Gasteiger partial charge in [0.2, 0.25) is 5.95 Å². The van der Waals surface area contributed by atoms with E-state index in [9.17, 15) is 0 Å². The average molecular weight is 447 g/mol. The number of fused-ring (bicyclic) bond motifs is 2. The van der Waals surface area contributed by atoms with E-state index in [1.54, 1.807) is 0 Å². The molecular weight excluding hydrogens is 419 g/mol. The number of nitrogens with one attached hydrogen (secondary N) is 1. The highest BCUT2D eigenvalue weighted by Crippen LogP contribution is 2.35. The monoisotopic (exact) mass is 446 g/mol. The predicted octanol–water partition coefficient (Wildman–Crippen LogP) is 4.71. The SMILES string of the molecule is CCCc1c(C)nc(N)nc1N1CCOc2c(F)cc(-c3ccc4nc(C)[nH]c4c3)cc2C1. The van der Waals surface area contributed by atoms with Crippen molar-refractivity contribution in [3.63, 3.8) is 0 Å². The number of aryl methyl sites for hydroxylation is 2. The predicted molar refractivity (Wildman–Crippen MR) is 128 cm³/mol. The Hall–Kier alpha value is -3.68. The minimum Gasteiger partial charge on any atom is -0.488 e. The summed E-state index contributed by atoms with van der Waals surface area (Å²) < 4.78 is 21.0. The first kappa shape index (κ1) is 21.2. The van der Waals surface area contributed by atoms with E-state index < -0.39 is 0 Å². The molecule has 0 saturated carbocycles. The maximum atomic E-state index is 15.2. The summed E-state index contributed by atoms with van der Waals surface area (Å²) in [6, 6.07) is 9.45. The van der Waals surface area contributed by atoms with Gasteiger partial charge in [-0.2, -0.15) is 4.98 Å². The third kappa shape index (κ3) is 3.97. The number of nitrogen functional groups attached to an aromatic ring is 1. The minimum absolute atomic E-state index is 0.246. The smallest absolute Gasteiger partial charge is 0.222 e. The first-order valence-electron chi connectivity index (χ1n) is 11.2. The van der Waals surface area contributed by atoms with Gasteiger partial charge in [-0.1, -0.05) is 19.4 Å². The highest BCUT2D eigenvalue weighted by atomic mass is 19.1. The Kier molecular flexibility index (Phi) is 5.36. The van der Waals surface area contributed by atoms with Crippen molar-refractivity contribution in [3.8, 4) is 16.9 Å². The van der Waals surface area contributed by atoms with Crippen LogP contribution in [0, 0.1) is 19.7 Å². The Balaban J connectivity index is 1.56. The van der Waals surface area contributed by atoms with E-state index in [2.05, 4.69) is 31.8 Å². The summed E-state index contributed by atoms with van der Waals surface area (Å²) in [5, 5.41) is 0. The van der Waals surface area contributed by atoms with Gasteiger partial charge in [0, 0.05) is 23.4 Å². The van der Waals surface area contributed by atoms with E-state index in [0.717, 1.165) is 63.5 Å². The molecule has 3 heterocycles. The van der Waals surface area contributed by atoms with Gasteiger partial charge < -0.3 is 20.4 Å². The van der Waals surface area contributed by atoms with Crippen LogP contribution in [0.1, 0.15) is 36.0 Å². The van der Waals surface area contributed by atoms with Crippen LogP contribution < -0.4 is 15.4 Å². The van der Waals surface area contributed by atoms with Gasteiger partial charge in [-0.3, -0.25) is 0 Å². The number of imidazole rings is 1. The second-order valence-corrected chi connectivity index (χ2v) is 8.49. The van der Waals surface area contributed by atoms with Gasteiger partial charge in [-0.15, -0.1) is 0 Å². The third-order valence-corrected chi connectivity index (χ3v) is 6.03. The molecule has 0 fully saturated rings. The lowest BCUT2D eigenvalue weighted by Gasteiger charge is -2.25. The fraction of sp³-hybridized carbons (Fsp3) is 0.320. The van der Waals surface area contributed by atoms with Gasteiger partial charge in [0.05, 0.1) is 17.6 Å². The molecule has 5 rings (SSSR count). The number of rotatable bonds is 4. The van der Waals surface area contributed by atoms with E-state index >= 15 is 4.39 Å². The zero-order chi connectivity index (χ0) is 23.1. The number of hydrogen-bond donors (Lipinski definition) is 2. The highest BCUT2D eigenvalue weighted by molar-refractivity contribution is 5.82. The van der Waals surface area contributed by atoms with Crippen molar-refractivity contribution < 1.29 is 9.13 Å². The van der Waals surface area contributed by atoms with Crippen LogP contribution in [-0.2, 0) is 13.0 Å². The summed E-state index contributed by atoms with van der Waals surface area (Å²) >= 11 is 0. The van der Waals surface area contributed by atoms with Crippen molar-refractivity contribution in [3.05, 3.63) is 58.8 Å². The van der Waals surface area contributed by atoms with Crippen LogP contribution in [0.3, 0.4) is 0 Å². The van der Waals surface area contributed by atoms with Crippen molar-refractivity contribution in [2.75, 3.05) is 23.8 Å². The molecular formula is C25H27FN6O. The molecule has 1 aliphatic rings. The van der Waals surface area contributed by atoms with E-state index in [4.69, 9.17) is 10.5 Å². The van der Waals surface area contributed by atoms with Gasteiger partial charge >= 0.3 is 0 Å². The third-order valence-electron chi connectivity index (χ3n) is 6.03. The molecule has 2 aromatic carbocycles. The molecule has 3 N–H and O–H groups in total. The van der Waals surface area contributed by atoms with E-state index in [1.165, 1.54) is 6.07 Å². The molecule has 0 radical (unpaired) electrons. The maximum Gasteiger partial charge on any atom is 0.222 e. The molecule has 0 atom stereocenters. The summed E-state index contributed by atoms with van der Waals surface area (Å²) in [6.07, 6.45) is 1.82. The molecule has 2 aromatic heterocycles. The average Bonchev–Trinajstić information content (AvgIpc) is 3.01. The second-order valence-electron chi connectivity index (χ2n) is 8.49. The first-order chi connectivity index (χ1) is 15.9. The largest absolute Gasteiger partial charge is 0.488 e. The molecule has 0 aliphatic carbocycles. The normalized spacial score (nSPS) is 13.6. The van der Waals surface area contributed by atoms with E-state index in [0.29, 0.717) is 25.4 Å². The van der Waals surface area contributed by atoms with E-state index in [1.807, 2.05) is 38.1 Å². The van der Waals surface area contributed by atoms with Crippen LogP contribution >= 0.6 is 0 Å². The molecule has 0 amide bonds.